The van der Waals surface area contributed by atoms with E-state index < -0.39 is 12.1 Å². The standard InChI is InChI=1S/C4H8O3.C4H8O.I3.I2/c1-2-3(5)4(6)7;1-2-4-3-5-4;1-3-2;1-2/h3,5H,2H2,1H3,(H,6,7);4H,2-3H2,1H3;;/q;;-1;/t3-;4-;;/m00../s1. The molecule has 0 aliphatic carbocycles. The van der Waals surface area contributed by atoms with Gasteiger partial charge >= 0.3 is 56.5 Å². The van der Waals surface area contributed by atoms with Crippen molar-refractivity contribution in [2.45, 2.75) is 38.9 Å². The molecule has 4 nitrogen and oxygen atoms in total. The van der Waals surface area contributed by atoms with Gasteiger partial charge in [-0.3, -0.25) is 0 Å². The molecule has 0 unspecified atom stereocenters. The number of hydrogen-bond acceptors (Lipinski definition) is 3. The fourth-order valence-electron chi connectivity index (χ4n) is 0.478. The Morgan fingerprint density at radius 1 is 1.47 bits per heavy atom. The number of carboxylic acid groups (broad SMARTS) is 1. The first-order chi connectivity index (χ1) is 8.03. The van der Waals surface area contributed by atoms with Crippen molar-refractivity contribution >= 4 is 80.4 Å². The SMILES string of the molecule is CC[C@H](O)C(=O)O.CC[C@H]1CO1.II.I[I-]I. The van der Waals surface area contributed by atoms with Crippen molar-refractivity contribution in [3.63, 3.8) is 0 Å². The summed E-state index contributed by atoms with van der Waals surface area (Å²) in [5.41, 5.74) is 0. The number of carboxylic acids is 1. The molecular formula is C8H16I5O4-. The second-order valence-corrected chi connectivity index (χ2v) is 18.9. The summed E-state index contributed by atoms with van der Waals surface area (Å²) < 4.78 is 4.86. The molecule has 9 heteroatoms. The van der Waals surface area contributed by atoms with Crippen LogP contribution in [0.25, 0.3) is 0 Å². The van der Waals surface area contributed by atoms with E-state index in [1.165, 1.54) is 6.42 Å². The van der Waals surface area contributed by atoms with Crippen molar-refractivity contribution in [3.05, 3.63) is 0 Å². The fourth-order valence-corrected chi connectivity index (χ4v) is 0.478. The van der Waals surface area contributed by atoms with E-state index in [1.807, 2.05) is 0 Å². The number of aliphatic hydroxyl groups excluding tert-OH is 1. The number of epoxide rings is 1. The molecule has 0 bridgehead atoms. The molecule has 108 valence electrons. The summed E-state index contributed by atoms with van der Waals surface area (Å²) >= 11 is 9.54. The van der Waals surface area contributed by atoms with E-state index in [9.17, 15) is 4.79 Å². The van der Waals surface area contributed by atoms with Gasteiger partial charge in [0.2, 0.25) is 0 Å². The number of aliphatic hydroxyl groups is 1. The first-order valence-corrected chi connectivity index (χ1v) is 23.4. The van der Waals surface area contributed by atoms with Crippen molar-refractivity contribution in [3.8, 4) is 0 Å². The molecule has 2 N–H and O–H groups in total. The molecule has 0 aromatic carbocycles. The van der Waals surface area contributed by atoms with Crippen LogP contribution < -0.4 is 13.3 Å². The van der Waals surface area contributed by atoms with E-state index in [0.717, 1.165) is 6.61 Å². The summed E-state index contributed by atoms with van der Waals surface area (Å²) in [4.78, 5) is 9.68. The third kappa shape index (κ3) is 28.0. The van der Waals surface area contributed by atoms with Crippen molar-refractivity contribution in [1.82, 2.24) is 0 Å². The molecular weight excluding hydrogens is 795 g/mol. The van der Waals surface area contributed by atoms with Gasteiger partial charge in [0.15, 0.2) is 6.10 Å². The number of rotatable bonds is 3. The van der Waals surface area contributed by atoms with Crippen LogP contribution in [0.4, 0.5) is 0 Å². The molecule has 1 aliphatic rings. The van der Waals surface area contributed by atoms with Crippen molar-refractivity contribution in [2.75, 3.05) is 6.61 Å². The predicted octanol–water partition coefficient (Wildman–Crippen LogP) is 1.18. The summed E-state index contributed by atoms with van der Waals surface area (Å²) in [5.74, 6) is -1.15. The normalized spacial score (nSPS) is 17.2. The zero-order valence-corrected chi connectivity index (χ0v) is 20.2. The molecule has 2 atom stereocenters. The number of carbonyl (C=O) groups is 1. The van der Waals surface area contributed by atoms with Crippen LogP contribution >= 0.6 is 74.5 Å². The van der Waals surface area contributed by atoms with Gasteiger partial charge in [0.25, 0.3) is 0 Å². The quantitative estimate of drug-likeness (QED) is 0.333. The zero-order chi connectivity index (χ0) is 14.3. The van der Waals surface area contributed by atoms with Gasteiger partial charge in [0.1, 0.15) is 0 Å². The second kappa shape index (κ2) is 21.3. The Kier molecular flexibility index (Phi) is 31.4. The van der Waals surface area contributed by atoms with E-state index in [-0.39, 0.29) is 6.42 Å². The first-order valence-electron chi connectivity index (χ1n) is 4.57. The molecule has 0 radical (unpaired) electrons. The third-order valence-electron chi connectivity index (χ3n) is 1.53. The Labute approximate surface area is 156 Å². The van der Waals surface area contributed by atoms with Crippen LogP contribution in [-0.2, 0) is 9.53 Å². The van der Waals surface area contributed by atoms with E-state index in [2.05, 4.69) is 81.4 Å². The van der Waals surface area contributed by atoms with E-state index in [0.29, 0.717) is 19.4 Å². The van der Waals surface area contributed by atoms with Gasteiger partial charge in [-0.1, -0.05) is 13.8 Å². The Morgan fingerprint density at radius 2 is 1.82 bits per heavy atom. The monoisotopic (exact) mass is 811 g/mol. The zero-order valence-electron chi connectivity index (χ0n) is 9.38. The fraction of sp³-hybridized carbons (Fsp3) is 0.875. The number of halogens is 5. The molecule has 1 aliphatic heterocycles. The van der Waals surface area contributed by atoms with Crippen LogP contribution in [0.2, 0.25) is 0 Å². The summed E-state index contributed by atoms with van der Waals surface area (Å²) in [6, 6.07) is 0. The van der Waals surface area contributed by atoms with Gasteiger partial charge in [-0.05, 0) is 12.8 Å². The number of hydrogen-bond donors (Lipinski definition) is 2. The Hall–Kier alpha value is 3.04. The van der Waals surface area contributed by atoms with Gasteiger partial charge in [0.05, 0.1) is 12.7 Å². The molecule has 0 amide bonds. The second-order valence-electron chi connectivity index (χ2n) is 2.68. The van der Waals surface area contributed by atoms with Crippen LogP contribution in [-0.4, -0.2) is 35.0 Å². The number of ether oxygens (including phenoxy) is 1. The van der Waals surface area contributed by atoms with Crippen LogP contribution in [0.3, 0.4) is 0 Å². The minimum absolute atomic E-state index is 0.273. The van der Waals surface area contributed by atoms with Crippen LogP contribution in [0, 0.1) is 0 Å². The van der Waals surface area contributed by atoms with E-state index >= 15 is 0 Å². The van der Waals surface area contributed by atoms with Crippen LogP contribution in [0.15, 0.2) is 0 Å². The third-order valence-corrected chi connectivity index (χ3v) is 1.53. The molecule has 0 spiro atoms. The molecule has 0 aromatic heterocycles. The van der Waals surface area contributed by atoms with Gasteiger partial charge in [0, 0.05) is 37.2 Å². The molecule has 1 heterocycles. The summed E-state index contributed by atoms with van der Waals surface area (Å²) in [6.07, 6.45) is 0.921. The van der Waals surface area contributed by atoms with Crippen molar-refractivity contribution in [2.24, 2.45) is 0 Å². The molecule has 1 rings (SSSR count). The van der Waals surface area contributed by atoms with Gasteiger partial charge in [-0.15, -0.1) is 0 Å². The maximum absolute atomic E-state index is 9.68. The van der Waals surface area contributed by atoms with Crippen LogP contribution in [0.5, 0.6) is 0 Å². The summed E-state index contributed by atoms with van der Waals surface area (Å²) in [5, 5.41) is 16.3. The maximum atomic E-state index is 9.68. The molecule has 0 aromatic rings. The Bertz CT molecular complexity index is 157. The molecule has 1 saturated heterocycles. The van der Waals surface area contributed by atoms with E-state index in [4.69, 9.17) is 14.9 Å². The Morgan fingerprint density at radius 3 is 1.82 bits per heavy atom. The van der Waals surface area contributed by atoms with Gasteiger partial charge < -0.3 is 14.9 Å². The van der Waals surface area contributed by atoms with Gasteiger partial charge in [-0.25, -0.2) is 4.79 Å². The molecule has 17 heavy (non-hydrogen) atoms. The summed E-state index contributed by atoms with van der Waals surface area (Å²) in [6.45, 7) is 4.76. The average molecular weight is 811 g/mol. The Balaban J connectivity index is -0.000000172. The predicted molar refractivity (Wildman–Crippen MR) is 100 cm³/mol. The molecule has 1 fully saturated rings. The summed E-state index contributed by atoms with van der Waals surface area (Å²) in [7, 11) is 0. The number of aliphatic carboxylic acids is 1. The van der Waals surface area contributed by atoms with E-state index in [1.54, 1.807) is 6.92 Å². The molecule has 0 saturated carbocycles. The average Bonchev–Trinajstić information content (AvgIpc) is 3.16. The van der Waals surface area contributed by atoms with Gasteiger partial charge in [-0.2, -0.15) is 0 Å². The minimum atomic E-state index is -1.18. The van der Waals surface area contributed by atoms with Crippen molar-refractivity contribution < 1.29 is 33.0 Å². The van der Waals surface area contributed by atoms with Crippen LogP contribution in [0.1, 0.15) is 26.7 Å². The topological polar surface area (TPSA) is 70.1 Å². The van der Waals surface area contributed by atoms with Crippen molar-refractivity contribution in [1.29, 1.82) is 0 Å². The first kappa shape index (κ1) is 25.0.